The van der Waals surface area contributed by atoms with Crippen molar-refractivity contribution >= 4 is 12.0 Å². The number of isocyanates is 1. The molecule has 0 unspecified atom stereocenters. The van der Waals surface area contributed by atoms with E-state index in [1.54, 1.807) is 6.08 Å². The normalized spacial score (nSPS) is 16.1. The van der Waals surface area contributed by atoms with E-state index in [-0.39, 0.29) is 11.3 Å². The number of hydrogen-bond acceptors (Lipinski definition) is 5. The van der Waals surface area contributed by atoms with Gasteiger partial charge in [-0.15, -0.1) is 0 Å². The average Bonchev–Trinajstić information content (AvgIpc) is 2.95. The SMILES string of the molecule is COc1cc(OC)c(C2(N=C=O)CCCC2)cc1C(=O)O. The predicted molar refractivity (Wildman–Crippen MR) is 74.8 cm³/mol. The molecule has 2 rings (SSSR count). The molecule has 0 saturated heterocycles. The van der Waals surface area contributed by atoms with Crippen LogP contribution >= 0.6 is 0 Å². The van der Waals surface area contributed by atoms with Crippen molar-refractivity contribution in [1.29, 1.82) is 0 Å². The molecular formula is C15H17NO5. The van der Waals surface area contributed by atoms with Crippen LogP contribution in [0.25, 0.3) is 0 Å². The molecule has 1 aromatic rings. The highest BCUT2D eigenvalue weighted by Gasteiger charge is 2.39. The second kappa shape index (κ2) is 5.97. The van der Waals surface area contributed by atoms with E-state index in [0.717, 1.165) is 12.8 Å². The Balaban J connectivity index is 2.68. The number of benzene rings is 1. The Morgan fingerprint density at radius 1 is 1.24 bits per heavy atom. The van der Waals surface area contributed by atoms with Gasteiger partial charge >= 0.3 is 5.97 Å². The van der Waals surface area contributed by atoms with Crippen LogP contribution in [0, 0.1) is 0 Å². The van der Waals surface area contributed by atoms with Gasteiger partial charge in [0, 0.05) is 11.6 Å². The minimum Gasteiger partial charge on any atom is -0.496 e. The van der Waals surface area contributed by atoms with Crippen LogP contribution in [0.2, 0.25) is 0 Å². The number of hydrogen-bond donors (Lipinski definition) is 1. The van der Waals surface area contributed by atoms with Gasteiger partial charge in [0.15, 0.2) is 0 Å². The Morgan fingerprint density at radius 2 is 1.86 bits per heavy atom. The number of rotatable bonds is 5. The Labute approximate surface area is 122 Å². The molecule has 0 radical (unpaired) electrons. The number of aliphatic imine (C=N–C) groups is 1. The second-order valence-electron chi connectivity index (χ2n) is 5.00. The fraction of sp³-hybridized carbons (Fsp3) is 0.467. The smallest absolute Gasteiger partial charge is 0.339 e. The number of aromatic carboxylic acids is 1. The van der Waals surface area contributed by atoms with E-state index in [4.69, 9.17) is 9.47 Å². The number of carboxylic acids is 1. The van der Waals surface area contributed by atoms with Gasteiger partial charge in [0.05, 0.1) is 14.2 Å². The van der Waals surface area contributed by atoms with Gasteiger partial charge in [0.2, 0.25) is 6.08 Å². The number of carbonyl (C=O) groups excluding carboxylic acids is 1. The minimum atomic E-state index is -1.10. The molecule has 1 N–H and O–H groups in total. The third-order valence-electron chi connectivity index (χ3n) is 3.94. The van der Waals surface area contributed by atoms with Crippen molar-refractivity contribution in [3.63, 3.8) is 0 Å². The molecule has 1 aliphatic rings. The summed E-state index contributed by atoms with van der Waals surface area (Å²) in [5.41, 5.74) is -0.117. The lowest BCUT2D eigenvalue weighted by molar-refractivity contribution is 0.0693. The number of carbonyl (C=O) groups is 1. The van der Waals surface area contributed by atoms with Crippen molar-refractivity contribution in [2.75, 3.05) is 14.2 Å². The lowest BCUT2D eigenvalue weighted by Crippen LogP contribution is -2.21. The topological polar surface area (TPSA) is 85.2 Å². The molecule has 6 heteroatoms. The van der Waals surface area contributed by atoms with E-state index in [0.29, 0.717) is 24.2 Å². The third kappa shape index (κ3) is 2.62. The van der Waals surface area contributed by atoms with E-state index in [2.05, 4.69) is 4.99 Å². The summed E-state index contributed by atoms with van der Waals surface area (Å²) < 4.78 is 10.4. The Bertz CT molecular complexity index is 598. The van der Waals surface area contributed by atoms with Gasteiger partial charge < -0.3 is 14.6 Å². The van der Waals surface area contributed by atoms with Gasteiger partial charge in [-0.1, -0.05) is 12.8 Å². The molecule has 1 saturated carbocycles. The largest absolute Gasteiger partial charge is 0.496 e. The first kappa shape index (κ1) is 15.1. The zero-order valence-corrected chi connectivity index (χ0v) is 12.0. The molecule has 0 atom stereocenters. The highest BCUT2D eigenvalue weighted by molar-refractivity contribution is 5.91. The molecule has 0 amide bonds. The number of nitrogens with zero attached hydrogens (tertiary/aromatic N) is 1. The van der Waals surface area contributed by atoms with E-state index < -0.39 is 11.5 Å². The second-order valence-corrected chi connectivity index (χ2v) is 5.00. The first-order valence-corrected chi connectivity index (χ1v) is 6.67. The molecule has 1 aliphatic carbocycles. The lowest BCUT2D eigenvalue weighted by Gasteiger charge is -2.26. The standard InChI is InChI=1S/C15H17NO5/c1-20-12-8-13(21-2)11(7-10(12)14(18)19)15(16-9-17)5-3-4-6-15/h7-8H,3-6H2,1-2H3,(H,18,19). The van der Waals surface area contributed by atoms with E-state index in [9.17, 15) is 14.7 Å². The van der Waals surface area contributed by atoms with Crippen LogP contribution < -0.4 is 9.47 Å². The summed E-state index contributed by atoms with van der Waals surface area (Å²) in [6.07, 6.45) is 4.80. The molecule has 0 heterocycles. The van der Waals surface area contributed by atoms with Crippen LogP contribution in [0.4, 0.5) is 0 Å². The molecule has 112 valence electrons. The number of carboxylic acid groups (broad SMARTS) is 1. The first-order valence-electron chi connectivity index (χ1n) is 6.67. The van der Waals surface area contributed by atoms with E-state index in [1.165, 1.54) is 26.4 Å². The van der Waals surface area contributed by atoms with Crippen LogP contribution in [-0.4, -0.2) is 31.4 Å². The van der Waals surface area contributed by atoms with Crippen LogP contribution in [0.15, 0.2) is 17.1 Å². The maximum atomic E-state index is 11.4. The summed E-state index contributed by atoms with van der Waals surface area (Å²) in [5.74, 6) is -0.414. The third-order valence-corrected chi connectivity index (χ3v) is 3.94. The molecule has 0 bridgehead atoms. The van der Waals surface area contributed by atoms with Gasteiger partial charge in [-0.3, -0.25) is 0 Å². The summed E-state index contributed by atoms with van der Waals surface area (Å²) in [5, 5.41) is 9.31. The Kier molecular flexibility index (Phi) is 4.29. The van der Waals surface area contributed by atoms with Crippen LogP contribution in [-0.2, 0) is 10.3 Å². The van der Waals surface area contributed by atoms with Gasteiger partial charge in [-0.25, -0.2) is 9.59 Å². The summed E-state index contributed by atoms with van der Waals surface area (Å²) in [4.78, 5) is 26.2. The van der Waals surface area contributed by atoms with Crippen molar-refractivity contribution in [3.05, 3.63) is 23.3 Å². The molecule has 0 aliphatic heterocycles. The highest BCUT2D eigenvalue weighted by Crippen LogP contribution is 2.47. The quantitative estimate of drug-likeness (QED) is 0.665. The Morgan fingerprint density at radius 3 is 2.33 bits per heavy atom. The molecule has 0 spiro atoms. The van der Waals surface area contributed by atoms with Crippen molar-refractivity contribution < 1.29 is 24.2 Å². The van der Waals surface area contributed by atoms with Crippen LogP contribution in [0.5, 0.6) is 11.5 Å². The zero-order valence-electron chi connectivity index (χ0n) is 12.0. The molecule has 1 aromatic carbocycles. The molecule has 21 heavy (non-hydrogen) atoms. The van der Waals surface area contributed by atoms with Crippen LogP contribution in [0.1, 0.15) is 41.6 Å². The van der Waals surface area contributed by atoms with Crippen molar-refractivity contribution in [2.24, 2.45) is 4.99 Å². The van der Waals surface area contributed by atoms with Gasteiger partial charge in [0.25, 0.3) is 0 Å². The monoisotopic (exact) mass is 291 g/mol. The van der Waals surface area contributed by atoms with E-state index >= 15 is 0 Å². The highest BCUT2D eigenvalue weighted by atomic mass is 16.5. The first-order chi connectivity index (χ1) is 10.1. The predicted octanol–water partition coefficient (Wildman–Crippen LogP) is 2.51. The fourth-order valence-electron chi connectivity index (χ4n) is 2.92. The maximum Gasteiger partial charge on any atom is 0.339 e. The molecule has 0 aromatic heterocycles. The zero-order chi connectivity index (χ0) is 15.5. The Hall–Kier alpha value is -2.33. The van der Waals surface area contributed by atoms with Crippen LogP contribution in [0.3, 0.4) is 0 Å². The van der Waals surface area contributed by atoms with E-state index in [1.807, 2.05) is 0 Å². The maximum absolute atomic E-state index is 11.4. The molecular weight excluding hydrogens is 274 g/mol. The minimum absolute atomic E-state index is 0.0284. The summed E-state index contributed by atoms with van der Waals surface area (Å²) >= 11 is 0. The number of methoxy groups -OCH3 is 2. The fourth-order valence-corrected chi connectivity index (χ4v) is 2.92. The average molecular weight is 291 g/mol. The lowest BCUT2D eigenvalue weighted by atomic mass is 9.86. The summed E-state index contributed by atoms with van der Waals surface area (Å²) in [6.45, 7) is 0. The van der Waals surface area contributed by atoms with Gasteiger partial charge in [-0.05, 0) is 18.9 Å². The number of ether oxygens (including phenoxy) is 2. The van der Waals surface area contributed by atoms with Gasteiger partial charge in [0.1, 0.15) is 22.6 Å². The summed E-state index contributed by atoms with van der Waals surface area (Å²) in [7, 11) is 2.89. The molecule has 1 fully saturated rings. The van der Waals surface area contributed by atoms with Crippen molar-refractivity contribution in [2.45, 2.75) is 31.2 Å². The van der Waals surface area contributed by atoms with Crippen molar-refractivity contribution in [1.82, 2.24) is 0 Å². The van der Waals surface area contributed by atoms with Crippen molar-refractivity contribution in [3.8, 4) is 11.5 Å². The van der Waals surface area contributed by atoms with Gasteiger partial charge in [-0.2, -0.15) is 4.99 Å². The molecule has 6 nitrogen and oxygen atoms in total. The summed E-state index contributed by atoms with van der Waals surface area (Å²) in [6, 6.07) is 3.02.